The predicted molar refractivity (Wildman–Crippen MR) is 94.4 cm³/mol. The molecule has 126 valence electrons. The van der Waals surface area contributed by atoms with Crippen molar-refractivity contribution in [2.45, 2.75) is 53.4 Å². The van der Waals surface area contributed by atoms with Crippen molar-refractivity contribution in [3.63, 3.8) is 0 Å². The Labute approximate surface area is 139 Å². The van der Waals surface area contributed by atoms with Crippen LogP contribution in [0.15, 0.2) is 18.2 Å². The van der Waals surface area contributed by atoms with Gasteiger partial charge >= 0.3 is 0 Å². The molecule has 0 aliphatic rings. The van der Waals surface area contributed by atoms with Crippen molar-refractivity contribution in [3.05, 3.63) is 23.9 Å². The van der Waals surface area contributed by atoms with E-state index < -0.39 is 0 Å². The molecular weight excluding hydrogens is 288 g/mol. The number of hydrogen-bond acceptors (Lipinski definition) is 4. The van der Waals surface area contributed by atoms with E-state index in [-0.39, 0.29) is 10.8 Å². The van der Waals surface area contributed by atoms with Crippen LogP contribution in [0.4, 0.5) is 0 Å². The molecule has 4 nitrogen and oxygen atoms in total. The minimum atomic E-state index is -0.127. The maximum atomic E-state index is 6.01. The van der Waals surface area contributed by atoms with Gasteiger partial charge in [0.05, 0.1) is 24.8 Å². The molecule has 0 fully saturated rings. The van der Waals surface area contributed by atoms with E-state index in [9.17, 15) is 0 Å². The summed E-state index contributed by atoms with van der Waals surface area (Å²) in [7, 11) is 1.65. The molecule has 0 amide bonds. The average Bonchev–Trinajstić information content (AvgIpc) is 2.43. The smallest absolute Gasteiger partial charge is 0.236 e. The fraction of sp³-hybridized carbons (Fsp3) is 0.579. The van der Waals surface area contributed by atoms with Crippen LogP contribution in [0.1, 0.15) is 53.7 Å². The second-order valence-electron chi connectivity index (χ2n) is 8.14. The number of nitrogens with zero attached hydrogens (tertiary/aromatic N) is 2. The first-order valence-corrected chi connectivity index (χ1v) is 8.09. The summed E-state index contributed by atoms with van der Waals surface area (Å²) in [6, 6.07) is 5.74. The van der Waals surface area contributed by atoms with E-state index in [1.807, 2.05) is 18.2 Å². The molecular formula is C19H28N2O2. The maximum Gasteiger partial charge on any atom is 0.236 e. The van der Waals surface area contributed by atoms with Crippen LogP contribution in [-0.2, 0) is 5.41 Å². The van der Waals surface area contributed by atoms with Crippen molar-refractivity contribution in [1.82, 2.24) is 9.97 Å². The Morgan fingerprint density at radius 2 is 1.65 bits per heavy atom. The third-order valence-electron chi connectivity index (χ3n) is 3.64. The Bertz CT molecular complexity index is 682. The topological polar surface area (TPSA) is 44.2 Å². The lowest BCUT2D eigenvalue weighted by Crippen LogP contribution is -2.19. The Morgan fingerprint density at radius 3 is 2.22 bits per heavy atom. The normalized spacial score (nSPS) is 12.5. The summed E-state index contributed by atoms with van der Waals surface area (Å²) in [4.78, 5) is 9.50. The molecule has 4 heteroatoms. The molecule has 0 bridgehead atoms. The average molecular weight is 316 g/mol. The minimum absolute atomic E-state index is 0.127. The highest BCUT2D eigenvalue weighted by Gasteiger charge is 2.24. The zero-order valence-electron chi connectivity index (χ0n) is 15.4. The molecule has 2 aromatic rings. The van der Waals surface area contributed by atoms with Crippen LogP contribution in [0.25, 0.3) is 11.0 Å². The summed E-state index contributed by atoms with van der Waals surface area (Å²) in [5.74, 6) is 1.40. The van der Waals surface area contributed by atoms with E-state index in [0.717, 1.165) is 28.9 Å². The SMILES string of the molecule is COc1ccc2nc(C(C)(C)C)c(OCCC(C)(C)C)nc2c1. The first-order chi connectivity index (χ1) is 10.6. The molecule has 1 aromatic heterocycles. The standard InChI is InChI=1S/C19H28N2O2/c1-18(2,3)10-11-23-17-16(19(4,5)6)20-14-9-8-13(22-7)12-15(14)21-17/h8-9,12H,10-11H2,1-7H3. The number of rotatable bonds is 4. The van der Waals surface area contributed by atoms with Crippen LogP contribution in [0, 0.1) is 5.41 Å². The molecule has 0 unspecified atom stereocenters. The molecule has 0 atom stereocenters. The van der Waals surface area contributed by atoms with E-state index in [0.29, 0.717) is 12.5 Å². The van der Waals surface area contributed by atoms with Gasteiger partial charge in [-0.3, -0.25) is 0 Å². The first-order valence-electron chi connectivity index (χ1n) is 8.09. The first kappa shape index (κ1) is 17.5. The molecule has 2 rings (SSSR count). The molecule has 0 saturated carbocycles. The number of methoxy groups -OCH3 is 1. The van der Waals surface area contributed by atoms with Gasteiger partial charge in [-0.15, -0.1) is 0 Å². The lowest BCUT2D eigenvalue weighted by molar-refractivity contribution is 0.231. The largest absolute Gasteiger partial charge is 0.497 e. The predicted octanol–water partition coefficient (Wildman–Crippen LogP) is 4.75. The van der Waals surface area contributed by atoms with Crippen LogP contribution in [0.2, 0.25) is 0 Å². The quantitative estimate of drug-likeness (QED) is 0.816. The third kappa shape index (κ3) is 4.57. The number of ether oxygens (including phenoxy) is 2. The fourth-order valence-electron chi connectivity index (χ4n) is 2.19. The fourth-order valence-corrected chi connectivity index (χ4v) is 2.19. The number of fused-ring (bicyclic) bond motifs is 1. The van der Waals surface area contributed by atoms with Crippen molar-refractivity contribution in [1.29, 1.82) is 0 Å². The summed E-state index contributed by atoms with van der Waals surface area (Å²) in [6.45, 7) is 13.6. The highest BCUT2D eigenvalue weighted by molar-refractivity contribution is 5.77. The van der Waals surface area contributed by atoms with Crippen molar-refractivity contribution in [2.24, 2.45) is 5.41 Å². The van der Waals surface area contributed by atoms with Gasteiger partial charge in [0.25, 0.3) is 0 Å². The molecule has 23 heavy (non-hydrogen) atoms. The van der Waals surface area contributed by atoms with Gasteiger partial charge in [0.1, 0.15) is 11.4 Å². The van der Waals surface area contributed by atoms with Crippen molar-refractivity contribution in [3.8, 4) is 11.6 Å². The lowest BCUT2D eigenvalue weighted by atomic mass is 9.91. The van der Waals surface area contributed by atoms with Crippen LogP contribution >= 0.6 is 0 Å². The summed E-state index contributed by atoms with van der Waals surface area (Å²) >= 11 is 0. The summed E-state index contributed by atoms with van der Waals surface area (Å²) in [5.41, 5.74) is 2.65. The molecule has 0 aliphatic heterocycles. The van der Waals surface area contributed by atoms with E-state index in [1.165, 1.54) is 0 Å². The van der Waals surface area contributed by atoms with Gasteiger partial charge < -0.3 is 9.47 Å². The van der Waals surface area contributed by atoms with E-state index in [1.54, 1.807) is 7.11 Å². The highest BCUT2D eigenvalue weighted by atomic mass is 16.5. The zero-order valence-corrected chi connectivity index (χ0v) is 15.4. The molecule has 1 heterocycles. The van der Waals surface area contributed by atoms with E-state index in [4.69, 9.17) is 19.4 Å². The van der Waals surface area contributed by atoms with Gasteiger partial charge in [0.15, 0.2) is 0 Å². The number of benzene rings is 1. The molecule has 0 radical (unpaired) electrons. The second-order valence-corrected chi connectivity index (χ2v) is 8.14. The summed E-state index contributed by atoms with van der Waals surface area (Å²) in [6.07, 6.45) is 0.967. The summed E-state index contributed by atoms with van der Waals surface area (Å²) < 4.78 is 11.3. The Kier molecular flexibility index (Phi) is 4.83. The van der Waals surface area contributed by atoms with Crippen molar-refractivity contribution < 1.29 is 9.47 Å². The molecule has 0 N–H and O–H groups in total. The molecule has 0 spiro atoms. The van der Waals surface area contributed by atoms with Gasteiger partial charge in [-0.25, -0.2) is 9.97 Å². The van der Waals surface area contributed by atoms with Crippen molar-refractivity contribution in [2.75, 3.05) is 13.7 Å². The van der Waals surface area contributed by atoms with Crippen molar-refractivity contribution >= 4 is 11.0 Å². The number of hydrogen-bond donors (Lipinski definition) is 0. The van der Waals surface area contributed by atoms with E-state index in [2.05, 4.69) is 41.5 Å². The van der Waals surface area contributed by atoms with Gasteiger partial charge in [-0.1, -0.05) is 41.5 Å². The Morgan fingerprint density at radius 1 is 0.957 bits per heavy atom. The Hall–Kier alpha value is -1.84. The molecule has 1 aromatic carbocycles. The number of aromatic nitrogens is 2. The van der Waals surface area contributed by atoms with Gasteiger partial charge in [-0.05, 0) is 24.0 Å². The van der Waals surface area contributed by atoms with Gasteiger partial charge in [-0.2, -0.15) is 0 Å². The van der Waals surface area contributed by atoms with Crippen LogP contribution in [-0.4, -0.2) is 23.7 Å². The summed E-state index contributed by atoms with van der Waals surface area (Å²) in [5, 5.41) is 0. The van der Waals surface area contributed by atoms with Crippen LogP contribution < -0.4 is 9.47 Å². The highest BCUT2D eigenvalue weighted by Crippen LogP contribution is 2.31. The third-order valence-corrected chi connectivity index (χ3v) is 3.64. The molecule has 0 saturated heterocycles. The zero-order chi connectivity index (χ0) is 17.3. The minimum Gasteiger partial charge on any atom is -0.497 e. The van der Waals surface area contributed by atoms with Crippen LogP contribution in [0.3, 0.4) is 0 Å². The van der Waals surface area contributed by atoms with Gasteiger partial charge in [0, 0.05) is 11.5 Å². The lowest BCUT2D eigenvalue weighted by Gasteiger charge is -2.23. The van der Waals surface area contributed by atoms with Gasteiger partial charge in [0.2, 0.25) is 5.88 Å². The Balaban J connectivity index is 2.41. The second kappa shape index (κ2) is 6.34. The maximum absolute atomic E-state index is 6.01. The monoisotopic (exact) mass is 316 g/mol. The molecule has 0 aliphatic carbocycles. The van der Waals surface area contributed by atoms with Crippen LogP contribution in [0.5, 0.6) is 11.6 Å². The van der Waals surface area contributed by atoms with E-state index >= 15 is 0 Å².